The van der Waals surface area contributed by atoms with Crippen LogP contribution in [-0.4, -0.2) is 84.2 Å². The van der Waals surface area contributed by atoms with E-state index in [2.05, 4.69) is 25.7 Å². The van der Waals surface area contributed by atoms with Crippen LogP contribution in [0.5, 0.6) is 11.5 Å². The fourth-order valence-electron chi connectivity index (χ4n) is 7.70. The van der Waals surface area contributed by atoms with Gasteiger partial charge in [-0.15, -0.1) is 21.5 Å². The highest BCUT2D eigenvalue weighted by Crippen LogP contribution is 2.42. The highest BCUT2D eigenvalue weighted by atomic mass is 32.1. The molecular formula is C43H38N10O7S. The molecule has 1 atom stereocenters. The number of nitrogens with two attached hydrogens (primary N) is 1. The van der Waals surface area contributed by atoms with Crippen LogP contribution < -0.4 is 26.1 Å². The Morgan fingerprint density at radius 3 is 2.59 bits per heavy atom. The predicted molar refractivity (Wildman–Crippen MR) is 227 cm³/mol. The van der Waals surface area contributed by atoms with Crippen LogP contribution in [0.3, 0.4) is 0 Å². The maximum absolute atomic E-state index is 14.6. The molecule has 1 aliphatic heterocycles. The largest absolute Gasteiger partial charge is 0.493 e. The number of nitrogens with one attached hydrogen (secondary N) is 1. The monoisotopic (exact) mass is 838 g/mol. The van der Waals surface area contributed by atoms with E-state index in [1.54, 1.807) is 66.0 Å². The third-order valence-corrected chi connectivity index (χ3v) is 11.8. The normalized spacial score (nSPS) is 12.9. The molecule has 308 valence electrons. The van der Waals surface area contributed by atoms with Gasteiger partial charge in [-0.3, -0.25) is 23.7 Å². The van der Waals surface area contributed by atoms with E-state index in [0.717, 1.165) is 15.6 Å². The second-order valence-corrected chi connectivity index (χ2v) is 15.4. The van der Waals surface area contributed by atoms with Crippen molar-refractivity contribution in [2.24, 2.45) is 0 Å². The van der Waals surface area contributed by atoms with Gasteiger partial charge in [0.25, 0.3) is 17.4 Å². The molecule has 2 amide bonds. The quantitative estimate of drug-likeness (QED) is 0.144. The number of hydrogen-bond acceptors (Lipinski definition) is 13. The predicted octanol–water partition coefficient (Wildman–Crippen LogP) is 5.19. The minimum Gasteiger partial charge on any atom is -0.493 e. The zero-order valence-corrected chi connectivity index (χ0v) is 34.0. The van der Waals surface area contributed by atoms with Crippen LogP contribution in [0.25, 0.3) is 43.5 Å². The Balaban J connectivity index is 0.888. The summed E-state index contributed by atoms with van der Waals surface area (Å²) in [7, 11) is 3.14. The second kappa shape index (κ2) is 15.9. The number of nitrogens with zero attached hydrogens (tertiary/aromatic N) is 8. The topological polar surface area (TPSA) is 203 Å². The van der Waals surface area contributed by atoms with E-state index in [1.165, 1.54) is 15.9 Å². The molecule has 5 aromatic heterocycles. The van der Waals surface area contributed by atoms with Crippen LogP contribution in [0.1, 0.15) is 50.7 Å². The molecule has 18 heteroatoms. The lowest BCUT2D eigenvalue weighted by Gasteiger charge is -2.21. The average molecular weight is 839 g/mol. The molecule has 0 bridgehead atoms. The number of methoxy groups -OCH3 is 2. The molecule has 0 radical (unpaired) electrons. The van der Waals surface area contributed by atoms with Gasteiger partial charge < -0.3 is 30.2 Å². The number of esters is 1. The SMILES string of the molecule is COc1cc2sc3c(c2cc1OC)CN(CCC(=O)OCCn1cc(-c2cccc4cc([C@H](C)NC(=O)c5c(N)nn6cccnc56)n(-c5ccccc5)c(=O)c24)nn1)C3=O. The Bertz CT molecular complexity index is 3080. The number of benzene rings is 3. The van der Waals surface area contributed by atoms with Gasteiger partial charge in [0.15, 0.2) is 23.0 Å². The number of nitrogen functional groups attached to an aromatic ring is 1. The number of carbonyl (C=O) groups is 3. The number of anilines is 1. The lowest BCUT2D eigenvalue weighted by molar-refractivity contribution is -0.144. The first-order valence-electron chi connectivity index (χ1n) is 19.3. The third-order valence-electron chi connectivity index (χ3n) is 10.6. The van der Waals surface area contributed by atoms with Gasteiger partial charge in [0.05, 0.1) is 49.7 Å². The summed E-state index contributed by atoms with van der Waals surface area (Å²) in [6.45, 7) is 2.62. The van der Waals surface area contributed by atoms with Crippen LogP contribution in [0, 0.1) is 0 Å². The van der Waals surface area contributed by atoms with Crippen molar-refractivity contribution in [1.29, 1.82) is 0 Å². The maximum atomic E-state index is 14.6. The van der Waals surface area contributed by atoms with E-state index in [1.807, 2.05) is 60.7 Å². The summed E-state index contributed by atoms with van der Waals surface area (Å²) in [5.74, 6) is 0.156. The van der Waals surface area contributed by atoms with Gasteiger partial charge in [-0.1, -0.05) is 41.6 Å². The first-order chi connectivity index (χ1) is 29.6. The summed E-state index contributed by atoms with van der Waals surface area (Å²) >= 11 is 1.40. The summed E-state index contributed by atoms with van der Waals surface area (Å²) in [5.41, 5.74) is 9.30. The third kappa shape index (κ3) is 7.05. The number of rotatable bonds is 13. The minimum absolute atomic E-state index is 0.0233. The lowest BCUT2D eigenvalue weighted by atomic mass is 10.0. The van der Waals surface area contributed by atoms with Gasteiger partial charge >= 0.3 is 5.97 Å². The molecule has 6 heterocycles. The van der Waals surface area contributed by atoms with E-state index in [-0.39, 0.29) is 49.0 Å². The van der Waals surface area contributed by atoms with Crippen LogP contribution >= 0.6 is 11.3 Å². The molecule has 0 aliphatic carbocycles. The van der Waals surface area contributed by atoms with Gasteiger partial charge in [-0.05, 0) is 42.6 Å². The number of para-hydroxylation sites is 1. The summed E-state index contributed by atoms with van der Waals surface area (Å²) < 4.78 is 21.9. The molecule has 17 nitrogen and oxygen atoms in total. The first kappa shape index (κ1) is 38.9. The van der Waals surface area contributed by atoms with Gasteiger partial charge in [-0.2, -0.15) is 0 Å². The number of fused-ring (bicyclic) bond motifs is 5. The van der Waals surface area contributed by atoms with E-state index in [0.29, 0.717) is 62.0 Å². The van der Waals surface area contributed by atoms with Gasteiger partial charge in [0.2, 0.25) is 0 Å². The number of amides is 2. The van der Waals surface area contributed by atoms with Gasteiger partial charge in [0, 0.05) is 64.1 Å². The molecule has 3 N–H and O–H groups in total. The Hall–Kier alpha value is -7.60. The van der Waals surface area contributed by atoms with Crippen molar-refractivity contribution >= 4 is 61.4 Å². The number of ether oxygens (including phenoxy) is 3. The zero-order valence-electron chi connectivity index (χ0n) is 33.2. The Morgan fingerprint density at radius 1 is 0.984 bits per heavy atom. The molecule has 1 aliphatic rings. The first-order valence-corrected chi connectivity index (χ1v) is 20.1. The highest BCUT2D eigenvalue weighted by molar-refractivity contribution is 7.21. The van der Waals surface area contributed by atoms with Gasteiger partial charge in [-0.25, -0.2) is 14.2 Å². The molecule has 3 aromatic carbocycles. The molecule has 0 saturated carbocycles. The number of carbonyl (C=O) groups excluding carboxylic acids is 3. The van der Waals surface area contributed by atoms with Crippen molar-refractivity contribution in [2.75, 3.05) is 33.1 Å². The fraction of sp³-hybridized carbons (Fsp3) is 0.209. The van der Waals surface area contributed by atoms with Crippen molar-refractivity contribution in [2.45, 2.75) is 32.5 Å². The van der Waals surface area contributed by atoms with Crippen molar-refractivity contribution in [3.8, 4) is 28.4 Å². The fourth-order valence-corrected chi connectivity index (χ4v) is 8.89. The lowest BCUT2D eigenvalue weighted by Crippen LogP contribution is -2.32. The molecular weight excluding hydrogens is 801 g/mol. The summed E-state index contributed by atoms with van der Waals surface area (Å²) in [5, 5.41) is 17.8. The Labute approximate surface area is 350 Å². The van der Waals surface area contributed by atoms with E-state index < -0.39 is 17.9 Å². The second-order valence-electron chi connectivity index (χ2n) is 14.3. The number of pyridine rings is 1. The average Bonchev–Trinajstić information content (AvgIpc) is 4.04. The van der Waals surface area contributed by atoms with E-state index >= 15 is 0 Å². The smallest absolute Gasteiger partial charge is 0.307 e. The summed E-state index contributed by atoms with van der Waals surface area (Å²) in [4.78, 5) is 60.9. The van der Waals surface area contributed by atoms with Crippen LogP contribution in [-0.2, 0) is 22.6 Å². The number of aromatic nitrogens is 7. The molecule has 0 unspecified atom stereocenters. The van der Waals surface area contributed by atoms with E-state index in [4.69, 9.17) is 19.9 Å². The van der Waals surface area contributed by atoms with E-state index in [9.17, 15) is 19.2 Å². The Morgan fingerprint density at radius 2 is 1.79 bits per heavy atom. The summed E-state index contributed by atoms with van der Waals surface area (Å²) in [6, 6.07) is 21.3. The van der Waals surface area contributed by atoms with Crippen molar-refractivity contribution in [3.05, 3.63) is 123 Å². The molecule has 0 fully saturated rings. The van der Waals surface area contributed by atoms with Crippen LogP contribution in [0.2, 0.25) is 0 Å². The number of thiophene rings is 1. The summed E-state index contributed by atoms with van der Waals surface area (Å²) in [6.07, 6.45) is 4.92. The Kier molecular flexibility index (Phi) is 10.1. The number of hydrogen-bond donors (Lipinski definition) is 2. The van der Waals surface area contributed by atoms with Crippen molar-refractivity contribution in [3.63, 3.8) is 0 Å². The standard InChI is InChI=1S/C43H38N10O7S/c1-24(46-41(55)37-39(44)48-52-15-8-14-45-40(37)52)31-19-25-9-7-12-27(36(25)42(56)53(31)26-10-5-4-6-11-26)30-23-51(49-47-30)17-18-60-35(54)13-16-50-22-29-28-20-32(58-2)33(59-3)21-34(28)61-38(29)43(50)57/h4-12,14-15,19-21,23-24H,13,16-18,22H2,1-3H3,(H2,44,48)(H,46,55)/t24-/m0/s1. The van der Waals surface area contributed by atoms with Gasteiger partial charge in [0.1, 0.15) is 17.9 Å². The van der Waals surface area contributed by atoms with Crippen molar-refractivity contribution < 1.29 is 28.6 Å². The van der Waals surface area contributed by atoms with Crippen molar-refractivity contribution in [1.82, 2.24) is 44.4 Å². The highest BCUT2D eigenvalue weighted by Gasteiger charge is 2.32. The van der Waals surface area contributed by atoms with Crippen LogP contribution in [0.15, 0.2) is 96.2 Å². The molecule has 0 spiro atoms. The molecule has 0 saturated heterocycles. The molecule has 61 heavy (non-hydrogen) atoms. The molecule has 9 rings (SSSR count). The molecule has 8 aromatic rings. The van der Waals surface area contributed by atoms with Crippen LogP contribution in [0.4, 0.5) is 5.82 Å². The maximum Gasteiger partial charge on any atom is 0.307 e. The minimum atomic E-state index is -0.658. The zero-order chi connectivity index (χ0) is 42.4.